The Hall–Kier alpha value is -1.08. The number of rotatable bonds is 0. The summed E-state index contributed by atoms with van der Waals surface area (Å²) >= 11 is 0. The van der Waals surface area contributed by atoms with Crippen LogP contribution in [0.5, 0.6) is 0 Å². The fourth-order valence-electron chi connectivity index (χ4n) is 1.53. The molecule has 1 aromatic rings. The summed E-state index contributed by atoms with van der Waals surface area (Å²) in [6, 6.07) is 7.95. The molecular formula is C10H10O. The number of hydrogen-bond acceptors (Lipinski definition) is 1. The SMILES string of the molecule is CC1=C[C@@H](O)c2ccccc21. The fraction of sp³-hybridized carbons (Fsp3) is 0.200. The van der Waals surface area contributed by atoms with Crippen molar-refractivity contribution >= 4 is 5.57 Å². The molecule has 1 atom stereocenters. The van der Waals surface area contributed by atoms with Crippen LogP contribution in [0.4, 0.5) is 0 Å². The molecule has 0 saturated carbocycles. The number of benzene rings is 1. The molecule has 0 unspecified atom stereocenters. The van der Waals surface area contributed by atoms with Crippen molar-refractivity contribution < 1.29 is 5.11 Å². The minimum absolute atomic E-state index is 0.383. The summed E-state index contributed by atoms with van der Waals surface area (Å²) in [6.45, 7) is 2.02. The maximum absolute atomic E-state index is 9.48. The molecule has 56 valence electrons. The van der Waals surface area contributed by atoms with Gasteiger partial charge in [-0.25, -0.2) is 0 Å². The van der Waals surface area contributed by atoms with Gasteiger partial charge in [-0.05, 0) is 29.7 Å². The number of hydrogen-bond donors (Lipinski definition) is 1. The number of aliphatic hydroxyl groups excluding tert-OH is 1. The highest BCUT2D eigenvalue weighted by molar-refractivity contribution is 5.72. The highest BCUT2D eigenvalue weighted by Crippen LogP contribution is 2.33. The van der Waals surface area contributed by atoms with Crippen LogP contribution in [0.1, 0.15) is 24.2 Å². The fourth-order valence-corrected chi connectivity index (χ4v) is 1.53. The smallest absolute Gasteiger partial charge is 0.0983 e. The van der Waals surface area contributed by atoms with E-state index < -0.39 is 0 Å². The van der Waals surface area contributed by atoms with Crippen molar-refractivity contribution in [3.63, 3.8) is 0 Å². The van der Waals surface area contributed by atoms with Crippen LogP contribution in [-0.4, -0.2) is 5.11 Å². The number of aliphatic hydroxyl groups is 1. The summed E-state index contributed by atoms with van der Waals surface area (Å²) in [5.41, 5.74) is 3.39. The van der Waals surface area contributed by atoms with Gasteiger partial charge in [-0.1, -0.05) is 24.3 Å². The summed E-state index contributed by atoms with van der Waals surface area (Å²) < 4.78 is 0. The zero-order valence-electron chi connectivity index (χ0n) is 6.41. The van der Waals surface area contributed by atoms with Crippen molar-refractivity contribution in [2.75, 3.05) is 0 Å². The van der Waals surface area contributed by atoms with E-state index in [1.807, 2.05) is 37.3 Å². The van der Waals surface area contributed by atoms with E-state index in [4.69, 9.17) is 0 Å². The molecule has 1 aliphatic rings. The lowest BCUT2D eigenvalue weighted by atomic mass is 10.1. The predicted molar refractivity (Wildman–Crippen MR) is 45.1 cm³/mol. The Morgan fingerprint density at radius 1 is 1.27 bits per heavy atom. The Labute approximate surface area is 66.0 Å². The van der Waals surface area contributed by atoms with Gasteiger partial charge < -0.3 is 5.11 Å². The summed E-state index contributed by atoms with van der Waals surface area (Å²) in [4.78, 5) is 0. The van der Waals surface area contributed by atoms with Crippen molar-refractivity contribution in [3.05, 3.63) is 41.5 Å². The molecule has 11 heavy (non-hydrogen) atoms. The summed E-state index contributed by atoms with van der Waals surface area (Å²) in [6.07, 6.45) is 1.50. The molecule has 0 amide bonds. The third kappa shape index (κ3) is 0.889. The molecule has 0 radical (unpaired) electrons. The third-order valence-electron chi connectivity index (χ3n) is 2.11. The van der Waals surface area contributed by atoms with Crippen LogP contribution >= 0.6 is 0 Å². The van der Waals surface area contributed by atoms with Gasteiger partial charge in [-0.3, -0.25) is 0 Å². The normalized spacial score (nSPS) is 21.3. The first-order valence-electron chi connectivity index (χ1n) is 3.75. The molecule has 0 saturated heterocycles. The minimum atomic E-state index is -0.383. The van der Waals surface area contributed by atoms with E-state index in [-0.39, 0.29) is 6.10 Å². The van der Waals surface area contributed by atoms with Gasteiger partial charge in [-0.2, -0.15) is 0 Å². The third-order valence-corrected chi connectivity index (χ3v) is 2.11. The molecule has 0 aliphatic heterocycles. The van der Waals surface area contributed by atoms with Crippen LogP contribution < -0.4 is 0 Å². The van der Waals surface area contributed by atoms with Gasteiger partial charge in [0, 0.05) is 0 Å². The average molecular weight is 146 g/mol. The monoisotopic (exact) mass is 146 g/mol. The molecule has 0 fully saturated rings. The van der Waals surface area contributed by atoms with Gasteiger partial charge in [0.15, 0.2) is 0 Å². The molecule has 1 aromatic carbocycles. The van der Waals surface area contributed by atoms with Crippen LogP contribution in [0.2, 0.25) is 0 Å². The second-order valence-electron chi connectivity index (χ2n) is 2.88. The lowest BCUT2D eigenvalue weighted by molar-refractivity contribution is 0.232. The first kappa shape index (κ1) is 6.62. The molecule has 1 nitrogen and oxygen atoms in total. The molecule has 0 spiro atoms. The molecule has 2 rings (SSSR count). The molecule has 1 aliphatic carbocycles. The van der Waals surface area contributed by atoms with E-state index in [1.54, 1.807) is 0 Å². The van der Waals surface area contributed by atoms with Gasteiger partial charge in [0.25, 0.3) is 0 Å². The second kappa shape index (κ2) is 2.21. The van der Waals surface area contributed by atoms with E-state index in [9.17, 15) is 5.11 Å². The topological polar surface area (TPSA) is 20.2 Å². The zero-order chi connectivity index (χ0) is 7.84. The number of fused-ring (bicyclic) bond motifs is 1. The highest BCUT2D eigenvalue weighted by atomic mass is 16.3. The van der Waals surface area contributed by atoms with E-state index in [1.165, 1.54) is 11.1 Å². The summed E-state index contributed by atoms with van der Waals surface area (Å²) in [5, 5.41) is 9.48. The van der Waals surface area contributed by atoms with Gasteiger partial charge in [-0.15, -0.1) is 0 Å². The maximum Gasteiger partial charge on any atom is 0.0983 e. The first-order chi connectivity index (χ1) is 5.29. The molecule has 1 heteroatoms. The number of allylic oxidation sites excluding steroid dienone is 1. The van der Waals surface area contributed by atoms with Gasteiger partial charge in [0.05, 0.1) is 6.10 Å². The van der Waals surface area contributed by atoms with Crippen LogP contribution in [0.3, 0.4) is 0 Å². The van der Waals surface area contributed by atoms with Crippen LogP contribution in [0, 0.1) is 0 Å². The predicted octanol–water partition coefficient (Wildman–Crippen LogP) is 2.14. The second-order valence-corrected chi connectivity index (χ2v) is 2.88. The Balaban J connectivity index is 2.62. The standard InChI is InChI=1S/C10H10O/c1-7-6-10(11)9-5-3-2-4-8(7)9/h2-6,10-11H,1H3/t10-/m1/s1. The largest absolute Gasteiger partial charge is 0.384 e. The quantitative estimate of drug-likeness (QED) is 0.594. The van der Waals surface area contributed by atoms with Crippen molar-refractivity contribution in [2.45, 2.75) is 13.0 Å². The highest BCUT2D eigenvalue weighted by Gasteiger charge is 2.16. The lowest BCUT2D eigenvalue weighted by Gasteiger charge is -2.01. The lowest BCUT2D eigenvalue weighted by Crippen LogP contribution is -1.88. The van der Waals surface area contributed by atoms with Crippen LogP contribution in [0.15, 0.2) is 30.3 Å². The summed E-state index contributed by atoms with van der Waals surface area (Å²) in [5.74, 6) is 0. The Morgan fingerprint density at radius 3 is 2.73 bits per heavy atom. The average Bonchev–Trinajstić information content (AvgIpc) is 2.30. The van der Waals surface area contributed by atoms with Crippen molar-refractivity contribution in [1.29, 1.82) is 0 Å². The van der Waals surface area contributed by atoms with E-state index in [0.29, 0.717) is 0 Å². The zero-order valence-corrected chi connectivity index (χ0v) is 6.41. The Bertz CT molecular complexity index is 312. The van der Waals surface area contributed by atoms with E-state index in [0.717, 1.165) is 5.56 Å². The Morgan fingerprint density at radius 2 is 2.00 bits per heavy atom. The first-order valence-corrected chi connectivity index (χ1v) is 3.75. The van der Waals surface area contributed by atoms with Crippen LogP contribution in [-0.2, 0) is 0 Å². The van der Waals surface area contributed by atoms with Crippen LogP contribution in [0.25, 0.3) is 5.57 Å². The molecule has 0 aromatic heterocycles. The van der Waals surface area contributed by atoms with E-state index in [2.05, 4.69) is 0 Å². The van der Waals surface area contributed by atoms with Crippen molar-refractivity contribution in [2.24, 2.45) is 0 Å². The van der Waals surface area contributed by atoms with Gasteiger partial charge in [0.2, 0.25) is 0 Å². The van der Waals surface area contributed by atoms with Gasteiger partial charge >= 0.3 is 0 Å². The van der Waals surface area contributed by atoms with Crippen molar-refractivity contribution in [1.82, 2.24) is 0 Å². The minimum Gasteiger partial charge on any atom is -0.384 e. The molecular weight excluding hydrogens is 136 g/mol. The summed E-state index contributed by atoms with van der Waals surface area (Å²) in [7, 11) is 0. The van der Waals surface area contributed by atoms with Crippen molar-refractivity contribution in [3.8, 4) is 0 Å². The molecule has 0 heterocycles. The maximum atomic E-state index is 9.48. The molecule has 1 N–H and O–H groups in total. The van der Waals surface area contributed by atoms with Gasteiger partial charge in [0.1, 0.15) is 0 Å². The molecule has 0 bridgehead atoms. The van der Waals surface area contributed by atoms with E-state index >= 15 is 0 Å². The Kier molecular flexibility index (Phi) is 1.33.